The second kappa shape index (κ2) is 12.1. The molecular formula is C19H26ClF5N8O2. The summed E-state index contributed by atoms with van der Waals surface area (Å²) < 4.78 is 58.9. The summed E-state index contributed by atoms with van der Waals surface area (Å²) in [6, 6.07) is 0.244. The number of aliphatic carboxylic acids is 1. The van der Waals surface area contributed by atoms with Gasteiger partial charge in [-0.05, 0) is 26.2 Å². The highest BCUT2D eigenvalue weighted by molar-refractivity contribution is 6.33. The predicted molar refractivity (Wildman–Crippen MR) is 119 cm³/mol. The van der Waals surface area contributed by atoms with Crippen molar-refractivity contribution in [1.29, 1.82) is 0 Å². The fraction of sp³-hybridized carbons (Fsp3) is 0.632. The molecule has 4 N–H and O–H groups in total. The molecule has 0 radical (unpaired) electrons. The molecule has 0 saturated carbocycles. The maximum atomic E-state index is 12.7. The molecular weight excluding hydrogens is 503 g/mol. The van der Waals surface area contributed by atoms with Crippen LogP contribution in [0.25, 0.3) is 0 Å². The topological polar surface area (TPSA) is 135 Å². The van der Waals surface area contributed by atoms with E-state index in [0.29, 0.717) is 41.4 Å². The Morgan fingerprint density at radius 3 is 2.40 bits per heavy atom. The van der Waals surface area contributed by atoms with E-state index in [2.05, 4.69) is 30.4 Å². The van der Waals surface area contributed by atoms with E-state index in [4.69, 9.17) is 27.2 Å². The van der Waals surface area contributed by atoms with Crippen molar-refractivity contribution in [2.24, 2.45) is 5.92 Å². The van der Waals surface area contributed by atoms with Gasteiger partial charge in [-0.3, -0.25) is 4.57 Å². The van der Waals surface area contributed by atoms with Gasteiger partial charge >= 0.3 is 12.1 Å². The molecule has 2 aromatic heterocycles. The third-order valence-electron chi connectivity index (χ3n) is 5.31. The number of aromatic nitrogens is 5. The number of anilines is 3. The number of carboxylic acids is 1. The van der Waals surface area contributed by atoms with E-state index >= 15 is 0 Å². The summed E-state index contributed by atoms with van der Waals surface area (Å²) in [5.41, 5.74) is 6.49. The molecule has 1 saturated heterocycles. The lowest BCUT2D eigenvalue weighted by Gasteiger charge is -2.33. The smallest absolute Gasteiger partial charge is 0.475 e. The number of piperidine rings is 1. The van der Waals surface area contributed by atoms with Crippen LogP contribution in [0.4, 0.5) is 39.7 Å². The Morgan fingerprint density at radius 2 is 1.91 bits per heavy atom. The molecule has 16 heteroatoms. The average Bonchev–Trinajstić information content (AvgIpc) is 3.22. The summed E-state index contributed by atoms with van der Waals surface area (Å²) in [4.78, 5) is 20.0. The van der Waals surface area contributed by atoms with Crippen LogP contribution in [0.15, 0.2) is 6.33 Å². The van der Waals surface area contributed by atoms with Crippen molar-refractivity contribution in [2.45, 2.75) is 51.8 Å². The first-order chi connectivity index (χ1) is 16.3. The normalized spacial score (nSPS) is 15.5. The van der Waals surface area contributed by atoms with E-state index in [1.807, 2.05) is 11.5 Å². The van der Waals surface area contributed by atoms with E-state index in [1.165, 1.54) is 6.92 Å². The van der Waals surface area contributed by atoms with Gasteiger partial charge in [0, 0.05) is 31.6 Å². The molecule has 35 heavy (non-hydrogen) atoms. The van der Waals surface area contributed by atoms with Gasteiger partial charge in [-0.15, -0.1) is 10.2 Å². The van der Waals surface area contributed by atoms with Crippen molar-refractivity contribution in [2.75, 3.05) is 35.6 Å². The van der Waals surface area contributed by atoms with Crippen LogP contribution in [0.1, 0.15) is 37.9 Å². The van der Waals surface area contributed by atoms with E-state index in [0.717, 1.165) is 25.9 Å². The number of hydrogen-bond donors (Lipinski definition) is 3. The van der Waals surface area contributed by atoms with Gasteiger partial charge in [-0.1, -0.05) is 18.5 Å². The molecule has 1 fully saturated rings. The zero-order valence-electron chi connectivity index (χ0n) is 18.9. The second-order valence-electron chi connectivity index (χ2n) is 7.92. The minimum Gasteiger partial charge on any atom is -0.475 e. The first kappa shape index (κ1) is 28.3. The maximum absolute atomic E-state index is 12.7. The molecule has 1 aliphatic heterocycles. The van der Waals surface area contributed by atoms with Crippen molar-refractivity contribution in [3.05, 3.63) is 17.0 Å². The number of nitrogen functional groups attached to an aromatic ring is 1. The molecule has 0 bridgehead atoms. The molecule has 1 atom stereocenters. The minimum atomic E-state index is -5.08. The maximum Gasteiger partial charge on any atom is 0.490 e. The fourth-order valence-electron chi connectivity index (χ4n) is 3.22. The average molecular weight is 529 g/mol. The van der Waals surface area contributed by atoms with Crippen LogP contribution >= 0.6 is 11.6 Å². The van der Waals surface area contributed by atoms with Gasteiger partial charge in [0.05, 0.1) is 5.69 Å². The third kappa shape index (κ3) is 8.04. The van der Waals surface area contributed by atoms with E-state index in [-0.39, 0.29) is 6.04 Å². The Hall–Kier alpha value is -2.97. The fourth-order valence-corrected chi connectivity index (χ4v) is 3.38. The Balaban J connectivity index is 0.000000540. The van der Waals surface area contributed by atoms with Crippen molar-refractivity contribution in [3.63, 3.8) is 0 Å². The van der Waals surface area contributed by atoms with Gasteiger partial charge in [-0.2, -0.15) is 18.2 Å². The Kier molecular flexibility index (Phi) is 9.80. The number of rotatable bonds is 7. The number of halogens is 6. The molecule has 196 valence electrons. The minimum absolute atomic E-state index is 0.244. The summed E-state index contributed by atoms with van der Waals surface area (Å²) in [5, 5.41) is 18.3. The van der Waals surface area contributed by atoms with Crippen LogP contribution in [0.3, 0.4) is 0 Å². The molecule has 0 aliphatic carbocycles. The predicted octanol–water partition coefficient (Wildman–Crippen LogP) is 3.79. The first-order valence-corrected chi connectivity index (χ1v) is 10.9. The molecule has 2 aromatic rings. The van der Waals surface area contributed by atoms with Gasteiger partial charge in [0.25, 0.3) is 0 Å². The summed E-state index contributed by atoms with van der Waals surface area (Å²) in [5.74, 6) is -1.95. The molecule has 3 heterocycles. The Bertz CT molecular complexity index is 983. The van der Waals surface area contributed by atoms with Crippen LogP contribution < -0.4 is 16.0 Å². The molecule has 0 spiro atoms. The van der Waals surface area contributed by atoms with Crippen LogP contribution in [-0.2, 0) is 4.79 Å². The molecule has 1 unspecified atom stereocenters. The van der Waals surface area contributed by atoms with E-state index < -0.39 is 24.5 Å². The second-order valence-corrected chi connectivity index (χ2v) is 8.29. The van der Waals surface area contributed by atoms with Crippen molar-refractivity contribution in [3.8, 4) is 0 Å². The van der Waals surface area contributed by atoms with Crippen LogP contribution in [0.5, 0.6) is 0 Å². The number of aryl methyl sites for hydroxylation is 1. The largest absolute Gasteiger partial charge is 0.490 e. The summed E-state index contributed by atoms with van der Waals surface area (Å²) >= 11 is 6.30. The highest BCUT2D eigenvalue weighted by Gasteiger charge is 2.38. The zero-order chi connectivity index (χ0) is 26.3. The van der Waals surface area contributed by atoms with Crippen molar-refractivity contribution >= 4 is 35.3 Å². The molecule has 1 aliphatic rings. The highest BCUT2D eigenvalue weighted by atomic mass is 35.5. The summed E-state index contributed by atoms with van der Waals surface area (Å²) in [6.45, 7) is 5.22. The lowest BCUT2D eigenvalue weighted by atomic mass is 10.1. The van der Waals surface area contributed by atoms with Gasteiger partial charge in [0.2, 0.25) is 18.3 Å². The third-order valence-corrected chi connectivity index (χ3v) is 5.76. The van der Waals surface area contributed by atoms with Gasteiger partial charge in [0.15, 0.2) is 5.82 Å². The lowest BCUT2D eigenvalue weighted by molar-refractivity contribution is -0.192. The Morgan fingerprint density at radius 1 is 1.31 bits per heavy atom. The number of hydrogen-bond acceptors (Lipinski definition) is 8. The van der Waals surface area contributed by atoms with E-state index in [1.54, 1.807) is 6.33 Å². The number of carbonyl (C=O) groups is 1. The summed E-state index contributed by atoms with van der Waals surface area (Å²) in [6.07, 6.45) is -3.70. The molecule has 0 amide bonds. The molecule has 0 aromatic carbocycles. The van der Waals surface area contributed by atoms with Crippen LogP contribution in [0, 0.1) is 12.8 Å². The van der Waals surface area contributed by atoms with Crippen molar-refractivity contribution in [1.82, 2.24) is 24.7 Å². The summed E-state index contributed by atoms with van der Waals surface area (Å²) in [7, 11) is 0. The Labute approximate surface area is 202 Å². The van der Waals surface area contributed by atoms with Crippen molar-refractivity contribution < 1.29 is 31.9 Å². The monoisotopic (exact) mass is 528 g/mol. The van der Waals surface area contributed by atoms with Gasteiger partial charge in [0.1, 0.15) is 11.3 Å². The first-order valence-electron chi connectivity index (χ1n) is 10.6. The van der Waals surface area contributed by atoms with E-state index in [9.17, 15) is 22.0 Å². The lowest BCUT2D eigenvalue weighted by Crippen LogP contribution is -2.36. The number of nitrogens with zero attached hydrogens (tertiary/aromatic N) is 6. The van der Waals surface area contributed by atoms with Gasteiger partial charge in [-0.25, -0.2) is 18.6 Å². The number of nitrogens with one attached hydrogen (secondary N) is 1. The van der Waals surface area contributed by atoms with Gasteiger partial charge < -0.3 is 21.1 Å². The number of alkyl halides is 5. The number of carboxylic acid groups (broad SMARTS) is 1. The highest BCUT2D eigenvalue weighted by Crippen LogP contribution is 2.29. The SMILES string of the molecule is Cc1nc(N2CCC(n3cnnc3N)CC2)nc(NCCC(C)C(F)F)c1Cl.O=C(O)C(F)(F)F. The zero-order valence-corrected chi connectivity index (χ0v) is 19.7. The standard InChI is InChI=1S/C17H25ClF2N8.C2HF3O2/c1-10(14(19)20)3-6-22-15-13(18)11(2)24-17(25-15)27-7-4-12(5-8-27)28-9-23-26-16(28)21;3-2(4,5)1(6)7/h9-10,12,14H,3-8H2,1-2H3,(H2,21,26)(H,22,24,25);(H,6,7). The van der Waals surface area contributed by atoms with Crippen LogP contribution in [-0.4, -0.2) is 68.0 Å². The quantitative estimate of drug-likeness (QED) is 0.459. The molecule has 10 nitrogen and oxygen atoms in total. The number of nitrogens with two attached hydrogens (primary N) is 1. The van der Waals surface area contributed by atoms with Crippen LogP contribution in [0.2, 0.25) is 5.02 Å². The molecule has 3 rings (SSSR count).